The summed E-state index contributed by atoms with van der Waals surface area (Å²) in [5.74, 6) is 0.675. The Kier molecular flexibility index (Phi) is 6.39. The summed E-state index contributed by atoms with van der Waals surface area (Å²) in [6, 6.07) is 50.6. The number of benzene rings is 5. The predicted molar refractivity (Wildman–Crippen MR) is 203 cm³/mol. The highest BCUT2D eigenvalue weighted by Crippen LogP contribution is 2.35. The molecule has 0 spiro atoms. The normalized spacial score (nSPS) is 11.6. The first-order valence-corrected chi connectivity index (χ1v) is 16.6. The Bertz CT molecular complexity index is 2570. The molecule has 0 N–H and O–H groups in total. The lowest BCUT2D eigenvalue weighted by Gasteiger charge is -2.12. The van der Waals surface area contributed by atoms with Gasteiger partial charge >= 0.3 is 0 Å². The van der Waals surface area contributed by atoms with Crippen molar-refractivity contribution in [2.75, 3.05) is 0 Å². The fraction of sp³-hybridized carbons (Fsp3) is 0. The van der Waals surface area contributed by atoms with Crippen molar-refractivity contribution in [3.8, 4) is 45.3 Å². The van der Waals surface area contributed by atoms with Crippen molar-refractivity contribution in [1.82, 2.24) is 29.1 Å². The number of para-hydroxylation sites is 2. The zero-order valence-electron chi connectivity index (χ0n) is 26.8. The van der Waals surface area contributed by atoms with Crippen LogP contribution in [0.3, 0.4) is 0 Å². The van der Waals surface area contributed by atoms with Gasteiger partial charge in [-0.15, -0.1) is 0 Å². The molecule has 5 heterocycles. The van der Waals surface area contributed by atoms with E-state index in [4.69, 9.17) is 9.97 Å². The molecular formula is C44H28N6. The van der Waals surface area contributed by atoms with Gasteiger partial charge in [-0.3, -0.25) is 9.97 Å². The Morgan fingerprint density at radius 1 is 0.360 bits per heavy atom. The van der Waals surface area contributed by atoms with Crippen LogP contribution >= 0.6 is 0 Å². The van der Waals surface area contributed by atoms with Crippen LogP contribution in [-0.2, 0) is 0 Å². The van der Waals surface area contributed by atoms with Gasteiger partial charge < -0.3 is 9.13 Å². The largest absolute Gasteiger partial charge is 0.308 e. The standard InChI is InChI=1S/C44H28N6/c1-2-8-29(9-3-1)38-26-39(30-14-18-32(19-15-30)49-40-12-6-4-10-34(40)36-22-24-45-27-42(36)49)48-44(47-38)31-16-20-33(21-17-31)50-41-13-7-5-11-35(41)37-23-25-46-28-43(37)50/h1-28H. The second kappa shape index (κ2) is 11.4. The van der Waals surface area contributed by atoms with Crippen LogP contribution in [0.25, 0.3) is 88.9 Å². The average molecular weight is 641 g/mol. The lowest BCUT2D eigenvalue weighted by atomic mass is 10.1. The number of pyridine rings is 2. The zero-order valence-corrected chi connectivity index (χ0v) is 26.8. The van der Waals surface area contributed by atoms with Crippen LogP contribution in [0.2, 0.25) is 0 Å². The Morgan fingerprint density at radius 3 is 1.34 bits per heavy atom. The lowest BCUT2D eigenvalue weighted by Crippen LogP contribution is -1.98. The third-order valence-corrected chi connectivity index (χ3v) is 9.55. The van der Waals surface area contributed by atoms with Crippen LogP contribution in [0.4, 0.5) is 0 Å². The van der Waals surface area contributed by atoms with E-state index in [1.807, 2.05) is 43.0 Å². The molecule has 0 amide bonds. The molecule has 10 aromatic rings. The molecule has 6 heteroatoms. The van der Waals surface area contributed by atoms with E-state index in [0.717, 1.165) is 61.5 Å². The van der Waals surface area contributed by atoms with Gasteiger partial charge in [0.05, 0.1) is 45.8 Å². The van der Waals surface area contributed by atoms with Gasteiger partial charge in [0.15, 0.2) is 5.82 Å². The molecule has 0 unspecified atom stereocenters. The Morgan fingerprint density at radius 2 is 0.800 bits per heavy atom. The topological polar surface area (TPSA) is 61.4 Å². The first-order valence-electron chi connectivity index (χ1n) is 16.6. The summed E-state index contributed by atoms with van der Waals surface area (Å²) < 4.78 is 4.54. The average Bonchev–Trinajstić information content (AvgIpc) is 3.71. The molecular weight excluding hydrogens is 613 g/mol. The first kappa shape index (κ1) is 28.1. The van der Waals surface area contributed by atoms with E-state index < -0.39 is 0 Å². The van der Waals surface area contributed by atoms with E-state index in [9.17, 15) is 0 Å². The molecule has 10 rings (SSSR count). The minimum atomic E-state index is 0.675. The van der Waals surface area contributed by atoms with Crippen molar-refractivity contribution < 1.29 is 0 Å². The summed E-state index contributed by atoms with van der Waals surface area (Å²) in [6.45, 7) is 0. The Balaban J connectivity index is 1.07. The number of fused-ring (bicyclic) bond motifs is 6. The van der Waals surface area contributed by atoms with Crippen LogP contribution in [-0.4, -0.2) is 29.1 Å². The SMILES string of the molecule is c1ccc(-c2cc(-c3ccc(-n4c5ccccc5c5ccncc54)cc3)nc(-c3ccc(-n4c5ccccc5c5ccncc54)cc3)n2)cc1. The number of rotatable bonds is 5. The van der Waals surface area contributed by atoms with Crippen molar-refractivity contribution in [1.29, 1.82) is 0 Å². The number of nitrogens with zero attached hydrogens (tertiary/aromatic N) is 6. The molecule has 5 aromatic carbocycles. The maximum absolute atomic E-state index is 5.14. The molecule has 0 bridgehead atoms. The van der Waals surface area contributed by atoms with Crippen LogP contribution in [0.5, 0.6) is 0 Å². The van der Waals surface area contributed by atoms with Gasteiger partial charge in [-0.25, -0.2) is 9.97 Å². The third kappa shape index (κ3) is 4.50. The van der Waals surface area contributed by atoms with Gasteiger partial charge in [-0.2, -0.15) is 0 Å². The van der Waals surface area contributed by atoms with E-state index in [1.165, 1.54) is 21.5 Å². The Labute approximate surface area is 287 Å². The minimum Gasteiger partial charge on any atom is -0.308 e. The quantitative estimate of drug-likeness (QED) is 0.188. The van der Waals surface area contributed by atoms with Gasteiger partial charge in [0.1, 0.15) is 0 Å². The highest BCUT2D eigenvalue weighted by atomic mass is 15.0. The predicted octanol–water partition coefficient (Wildman–Crippen LogP) is 10.5. The molecule has 0 saturated heterocycles. The molecule has 0 radical (unpaired) electrons. The second-order valence-electron chi connectivity index (χ2n) is 12.4. The van der Waals surface area contributed by atoms with Crippen molar-refractivity contribution in [3.63, 3.8) is 0 Å². The highest BCUT2D eigenvalue weighted by molar-refractivity contribution is 6.09. The van der Waals surface area contributed by atoms with Crippen LogP contribution < -0.4 is 0 Å². The minimum absolute atomic E-state index is 0.675. The molecule has 234 valence electrons. The third-order valence-electron chi connectivity index (χ3n) is 9.55. The smallest absolute Gasteiger partial charge is 0.160 e. The molecule has 0 aliphatic rings. The van der Waals surface area contributed by atoms with E-state index in [-0.39, 0.29) is 0 Å². The molecule has 0 atom stereocenters. The second-order valence-corrected chi connectivity index (χ2v) is 12.4. The number of aromatic nitrogens is 6. The molecule has 0 aliphatic heterocycles. The number of hydrogen-bond acceptors (Lipinski definition) is 4. The molecule has 5 aromatic heterocycles. The first-order chi connectivity index (χ1) is 24.8. The van der Waals surface area contributed by atoms with E-state index in [2.05, 4.69) is 146 Å². The van der Waals surface area contributed by atoms with Gasteiger partial charge in [-0.05, 0) is 66.7 Å². The van der Waals surface area contributed by atoms with Gasteiger partial charge in [0, 0.05) is 62.0 Å². The fourth-order valence-electron chi connectivity index (χ4n) is 7.21. The van der Waals surface area contributed by atoms with E-state index in [0.29, 0.717) is 5.82 Å². The zero-order chi connectivity index (χ0) is 33.0. The Hall–Kier alpha value is -6.92. The molecule has 0 fully saturated rings. The maximum Gasteiger partial charge on any atom is 0.160 e. The van der Waals surface area contributed by atoms with E-state index in [1.54, 1.807) is 0 Å². The number of hydrogen-bond donors (Lipinski definition) is 0. The molecule has 0 aliphatic carbocycles. The molecule has 6 nitrogen and oxygen atoms in total. The van der Waals surface area contributed by atoms with Gasteiger partial charge in [0.2, 0.25) is 0 Å². The summed E-state index contributed by atoms with van der Waals surface area (Å²) in [7, 11) is 0. The van der Waals surface area contributed by atoms with Crippen molar-refractivity contribution in [3.05, 3.63) is 170 Å². The van der Waals surface area contributed by atoms with Gasteiger partial charge in [-0.1, -0.05) is 78.9 Å². The maximum atomic E-state index is 5.14. The summed E-state index contributed by atoms with van der Waals surface area (Å²) in [6.07, 6.45) is 7.59. The fourth-order valence-corrected chi connectivity index (χ4v) is 7.21. The van der Waals surface area contributed by atoms with Gasteiger partial charge in [0.25, 0.3) is 0 Å². The molecule has 50 heavy (non-hydrogen) atoms. The van der Waals surface area contributed by atoms with Crippen molar-refractivity contribution in [2.45, 2.75) is 0 Å². The lowest BCUT2D eigenvalue weighted by molar-refractivity contribution is 1.15. The highest BCUT2D eigenvalue weighted by Gasteiger charge is 2.16. The summed E-state index contributed by atoms with van der Waals surface area (Å²) in [4.78, 5) is 19.1. The summed E-state index contributed by atoms with van der Waals surface area (Å²) in [5.41, 5.74) is 11.3. The summed E-state index contributed by atoms with van der Waals surface area (Å²) >= 11 is 0. The van der Waals surface area contributed by atoms with Crippen LogP contribution in [0.15, 0.2) is 170 Å². The van der Waals surface area contributed by atoms with Crippen molar-refractivity contribution >= 4 is 43.6 Å². The van der Waals surface area contributed by atoms with Crippen LogP contribution in [0.1, 0.15) is 0 Å². The summed E-state index contributed by atoms with van der Waals surface area (Å²) in [5, 5.41) is 4.79. The van der Waals surface area contributed by atoms with Crippen LogP contribution in [0, 0.1) is 0 Å². The monoisotopic (exact) mass is 640 g/mol. The van der Waals surface area contributed by atoms with Crippen molar-refractivity contribution in [2.24, 2.45) is 0 Å². The van der Waals surface area contributed by atoms with E-state index >= 15 is 0 Å². The molecule has 0 saturated carbocycles.